The summed E-state index contributed by atoms with van der Waals surface area (Å²) in [4.78, 5) is 20.9. The molecule has 0 aromatic heterocycles. The summed E-state index contributed by atoms with van der Waals surface area (Å²) < 4.78 is 0. The first-order chi connectivity index (χ1) is 7.52. The van der Waals surface area contributed by atoms with E-state index in [1.165, 1.54) is 18.2 Å². The largest absolute Gasteiger partial charge is 0.871 e. The zero-order valence-corrected chi connectivity index (χ0v) is 8.01. The number of urea groups is 1. The Balaban J connectivity index is 2.97. The normalized spacial score (nSPS) is 10.2. The van der Waals surface area contributed by atoms with Gasteiger partial charge in [0, 0.05) is 0 Å². The zero-order chi connectivity index (χ0) is 12.1. The summed E-state index contributed by atoms with van der Waals surface area (Å²) in [6, 6.07) is 3.08. The second-order valence-electron chi connectivity index (χ2n) is 2.76. The summed E-state index contributed by atoms with van der Waals surface area (Å²) in [6.07, 6.45) is 1.03. The molecule has 7 heteroatoms. The predicted molar refractivity (Wildman–Crippen MR) is 53.2 cm³/mol. The van der Waals surface area contributed by atoms with Crippen molar-refractivity contribution in [3.05, 3.63) is 29.3 Å². The van der Waals surface area contributed by atoms with Crippen molar-refractivity contribution in [3.63, 3.8) is 0 Å². The molecule has 0 radical (unpaired) electrons. The number of nitrogens with two attached hydrogens (primary N) is 1. The molecule has 0 atom stereocenters. The molecular weight excluding hydrogens is 214 g/mol. The number of para-hydroxylation sites is 1. The molecule has 0 unspecified atom stereocenters. The van der Waals surface area contributed by atoms with Crippen molar-refractivity contribution in [2.75, 3.05) is 0 Å². The van der Waals surface area contributed by atoms with Crippen molar-refractivity contribution in [2.24, 2.45) is 10.8 Å². The summed E-state index contributed by atoms with van der Waals surface area (Å²) in [5.41, 5.74) is 6.32. The van der Waals surface area contributed by atoms with E-state index in [1.54, 1.807) is 0 Å². The Hall–Kier alpha value is -2.57. The summed E-state index contributed by atoms with van der Waals surface area (Å²) in [7, 11) is 0. The van der Waals surface area contributed by atoms with E-state index < -0.39 is 17.7 Å². The van der Waals surface area contributed by atoms with Gasteiger partial charge in [0.15, 0.2) is 0 Å². The average molecular weight is 222 g/mol. The highest BCUT2D eigenvalue weighted by atomic mass is 16.4. The molecule has 1 aromatic rings. The third kappa shape index (κ3) is 2.71. The molecule has 2 amide bonds. The van der Waals surface area contributed by atoms with Crippen LogP contribution in [0.15, 0.2) is 23.3 Å². The Labute approximate surface area is 90.2 Å². The van der Waals surface area contributed by atoms with Gasteiger partial charge in [-0.05, 0) is 11.6 Å². The first kappa shape index (κ1) is 11.5. The van der Waals surface area contributed by atoms with Gasteiger partial charge in [-0.3, -0.25) is 0 Å². The molecule has 16 heavy (non-hydrogen) atoms. The standard InChI is InChI=1S/C9H9N3O4/c10-9(16)12-11-4-5-2-1-3-6(7(5)13)8(14)15/h1-4,13H,(H,14,15)(H3,10,12,16)/p-1/b11-4+. The number of rotatable bonds is 3. The Kier molecular flexibility index (Phi) is 3.44. The maximum absolute atomic E-state index is 11.5. The fourth-order valence-corrected chi connectivity index (χ4v) is 0.990. The lowest BCUT2D eigenvalue weighted by molar-refractivity contribution is -0.269. The van der Waals surface area contributed by atoms with Gasteiger partial charge in [-0.15, -0.1) is 0 Å². The van der Waals surface area contributed by atoms with Crippen LogP contribution in [0.4, 0.5) is 4.79 Å². The molecule has 1 rings (SSSR count). The second-order valence-corrected chi connectivity index (χ2v) is 2.76. The van der Waals surface area contributed by atoms with Crippen LogP contribution < -0.4 is 16.3 Å². The minimum absolute atomic E-state index is 0.0497. The van der Waals surface area contributed by atoms with E-state index in [9.17, 15) is 14.7 Å². The molecule has 0 bridgehead atoms. The number of carbonyl (C=O) groups is 2. The summed E-state index contributed by atoms with van der Waals surface area (Å²) >= 11 is 0. The van der Waals surface area contributed by atoms with Crippen molar-refractivity contribution >= 4 is 18.2 Å². The number of benzene rings is 1. The van der Waals surface area contributed by atoms with Gasteiger partial charge >= 0.3 is 12.0 Å². The molecule has 0 saturated heterocycles. The minimum atomic E-state index is -1.32. The molecule has 0 aliphatic carbocycles. The van der Waals surface area contributed by atoms with Crippen LogP contribution in [-0.2, 0) is 0 Å². The minimum Gasteiger partial charge on any atom is -0.871 e. The van der Waals surface area contributed by atoms with Crippen molar-refractivity contribution < 1.29 is 19.8 Å². The highest BCUT2D eigenvalue weighted by molar-refractivity contribution is 5.95. The van der Waals surface area contributed by atoms with E-state index >= 15 is 0 Å². The summed E-state index contributed by atoms with van der Waals surface area (Å²) in [6.45, 7) is 0. The number of hydrogen-bond acceptors (Lipinski definition) is 4. The fourth-order valence-electron chi connectivity index (χ4n) is 0.990. The Morgan fingerprint density at radius 2 is 2.19 bits per heavy atom. The maximum atomic E-state index is 11.5. The molecule has 4 N–H and O–H groups in total. The lowest BCUT2D eigenvalue weighted by atomic mass is 10.1. The van der Waals surface area contributed by atoms with Gasteiger partial charge in [0.05, 0.1) is 11.8 Å². The van der Waals surface area contributed by atoms with Crippen LogP contribution in [0.1, 0.15) is 15.9 Å². The molecule has 0 aliphatic heterocycles. The number of carbonyl (C=O) groups excluding carboxylic acids is 1. The number of amides is 2. The van der Waals surface area contributed by atoms with Gasteiger partial charge < -0.3 is 15.9 Å². The molecule has 0 aliphatic rings. The monoisotopic (exact) mass is 222 g/mol. The SMILES string of the molecule is NC(=O)N/N=C/c1cccc(C(=O)O)c1[O-]. The summed E-state index contributed by atoms with van der Waals surface area (Å²) in [5, 5.41) is 23.5. The number of nitrogens with one attached hydrogen (secondary N) is 1. The predicted octanol–water partition coefficient (Wildman–Crippen LogP) is -0.539. The van der Waals surface area contributed by atoms with E-state index in [4.69, 9.17) is 10.8 Å². The fraction of sp³-hybridized carbons (Fsp3) is 0. The topological polar surface area (TPSA) is 128 Å². The number of aromatic carboxylic acids is 1. The van der Waals surface area contributed by atoms with Gasteiger partial charge in [0.2, 0.25) is 0 Å². The maximum Gasteiger partial charge on any atom is 0.335 e. The zero-order valence-electron chi connectivity index (χ0n) is 8.01. The van der Waals surface area contributed by atoms with Crippen LogP contribution in [0, 0.1) is 0 Å². The van der Waals surface area contributed by atoms with Crippen molar-refractivity contribution in [1.82, 2.24) is 5.43 Å². The Morgan fingerprint density at radius 1 is 1.50 bits per heavy atom. The molecule has 84 valence electrons. The first-order valence-corrected chi connectivity index (χ1v) is 4.14. The molecule has 0 heterocycles. The third-order valence-corrected chi connectivity index (χ3v) is 1.65. The van der Waals surface area contributed by atoms with Crippen LogP contribution in [0.3, 0.4) is 0 Å². The molecule has 7 nitrogen and oxygen atoms in total. The quantitative estimate of drug-likeness (QED) is 0.468. The first-order valence-electron chi connectivity index (χ1n) is 4.14. The van der Waals surface area contributed by atoms with E-state index in [0.29, 0.717) is 0 Å². The highest BCUT2D eigenvalue weighted by Gasteiger charge is 2.04. The Bertz CT molecular complexity index is 456. The van der Waals surface area contributed by atoms with E-state index in [1.807, 2.05) is 5.43 Å². The Morgan fingerprint density at radius 3 is 2.75 bits per heavy atom. The van der Waals surface area contributed by atoms with Gasteiger partial charge in [0.25, 0.3) is 0 Å². The third-order valence-electron chi connectivity index (χ3n) is 1.65. The lowest BCUT2D eigenvalue weighted by Crippen LogP contribution is -2.24. The number of carboxylic acids is 1. The number of hydrazone groups is 1. The molecule has 1 aromatic carbocycles. The van der Waals surface area contributed by atoms with Gasteiger partial charge in [-0.1, -0.05) is 17.9 Å². The van der Waals surface area contributed by atoms with Crippen LogP contribution in [0.2, 0.25) is 0 Å². The number of nitrogens with zero attached hydrogens (tertiary/aromatic N) is 1. The van der Waals surface area contributed by atoms with Gasteiger partial charge in [-0.2, -0.15) is 5.10 Å². The lowest BCUT2D eigenvalue weighted by Gasteiger charge is -2.12. The van der Waals surface area contributed by atoms with E-state index in [0.717, 1.165) is 6.21 Å². The number of primary amides is 1. The summed E-state index contributed by atoms with van der Waals surface area (Å²) in [5.74, 6) is -1.99. The molecule has 0 fully saturated rings. The van der Waals surface area contributed by atoms with Crippen molar-refractivity contribution in [3.8, 4) is 5.75 Å². The average Bonchev–Trinajstić information content (AvgIpc) is 2.19. The van der Waals surface area contributed by atoms with Gasteiger partial charge in [0.1, 0.15) is 0 Å². The molecule has 0 saturated carbocycles. The van der Waals surface area contributed by atoms with Crippen LogP contribution in [-0.4, -0.2) is 23.3 Å². The highest BCUT2D eigenvalue weighted by Crippen LogP contribution is 2.17. The van der Waals surface area contributed by atoms with E-state index in [-0.39, 0.29) is 11.1 Å². The van der Waals surface area contributed by atoms with Crippen molar-refractivity contribution in [2.45, 2.75) is 0 Å². The second kappa shape index (κ2) is 4.78. The smallest absolute Gasteiger partial charge is 0.335 e. The number of hydrogen-bond donors (Lipinski definition) is 3. The number of carboxylic acid groups (broad SMARTS) is 1. The van der Waals surface area contributed by atoms with Crippen LogP contribution >= 0.6 is 0 Å². The van der Waals surface area contributed by atoms with Crippen LogP contribution in [0.25, 0.3) is 0 Å². The van der Waals surface area contributed by atoms with Crippen LogP contribution in [0.5, 0.6) is 5.75 Å². The molecular formula is C9H8N3O4-. The molecule has 0 spiro atoms. The van der Waals surface area contributed by atoms with E-state index in [2.05, 4.69) is 5.10 Å². The van der Waals surface area contributed by atoms with Crippen molar-refractivity contribution in [1.29, 1.82) is 0 Å². The van der Waals surface area contributed by atoms with Gasteiger partial charge in [-0.25, -0.2) is 15.0 Å².